The number of ether oxygens (including phenoxy) is 4. The lowest BCUT2D eigenvalue weighted by molar-refractivity contribution is -0.360. The Hall–Kier alpha value is -0.803. The largest absolute Gasteiger partial charge is 0.387 e. The van der Waals surface area contributed by atoms with E-state index in [-0.39, 0.29) is 6.61 Å². The van der Waals surface area contributed by atoms with Gasteiger partial charge in [0, 0.05) is 20.2 Å². The third-order valence-corrected chi connectivity index (χ3v) is 6.24. The molecule has 1 aromatic rings. The lowest BCUT2D eigenvalue weighted by Gasteiger charge is -2.46. The highest BCUT2D eigenvalue weighted by Gasteiger charge is 2.49. The van der Waals surface area contributed by atoms with E-state index in [1.54, 1.807) is 0 Å². The molecule has 6 unspecified atom stereocenters. The molecular formula is C18H28O6Si. The van der Waals surface area contributed by atoms with Gasteiger partial charge in [-0.05, 0) is 6.04 Å². The van der Waals surface area contributed by atoms with E-state index in [9.17, 15) is 10.2 Å². The van der Waals surface area contributed by atoms with Crippen molar-refractivity contribution >= 4 is 8.07 Å². The molecule has 0 amide bonds. The van der Waals surface area contributed by atoms with Crippen molar-refractivity contribution in [3.8, 4) is 0 Å². The zero-order chi connectivity index (χ0) is 18.0. The van der Waals surface area contributed by atoms with E-state index in [0.29, 0.717) is 6.61 Å². The molecule has 6 atom stereocenters. The molecule has 0 aliphatic carbocycles. The van der Waals surface area contributed by atoms with Gasteiger partial charge in [0.2, 0.25) is 0 Å². The third-order valence-electron chi connectivity index (χ3n) is 4.54. The molecule has 2 saturated heterocycles. The Balaban J connectivity index is 1.60. The molecular weight excluding hydrogens is 340 g/mol. The van der Waals surface area contributed by atoms with Crippen molar-refractivity contribution in [3.63, 3.8) is 0 Å². The van der Waals surface area contributed by atoms with Crippen molar-refractivity contribution in [2.24, 2.45) is 0 Å². The van der Waals surface area contributed by atoms with Gasteiger partial charge in [0.15, 0.2) is 12.6 Å². The lowest BCUT2D eigenvalue weighted by Crippen LogP contribution is -2.62. The first kappa shape index (κ1) is 19.0. The van der Waals surface area contributed by atoms with Crippen LogP contribution in [0, 0.1) is 0 Å². The normalized spacial score (nSPS) is 36.0. The number of hydrogen-bond donors (Lipinski definition) is 2. The average Bonchev–Trinajstić information content (AvgIpc) is 2.59. The number of aliphatic hydroxyl groups excluding tert-OH is 2. The smallest absolute Gasteiger partial charge is 0.186 e. The maximum absolute atomic E-state index is 10.5. The Kier molecular flexibility index (Phi) is 5.94. The van der Waals surface area contributed by atoms with E-state index in [2.05, 4.69) is 19.6 Å². The molecule has 0 radical (unpaired) electrons. The first-order valence-electron chi connectivity index (χ1n) is 8.80. The molecule has 0 spiro atoms. The Morgan fingerprint density at radius 3 is 2.48 bits per heavy atom. The minimum Gasteiger partial charge on any atom is -0.387 e. The van der Waals surface area contributed by atoms with Crippen molar-refractivity contribution in [3.05, 3.63) is 35.9 Å². The van der Waals surface area contributed by atoms with Gasteiger partial charge in [-0.2, -0.15) is 0 Å². The molecule has 2 fully saturated rings. The van der Waals surface area contributed by atoms with Crippen LogP contribution in [0.2, 0.25) is 25.7 Å². The highest BCUT2D eigenvalue weighted by Crippen LogP contribution is 2.34. The summed E-state index contributed by atoms with van der Waals surface area (Å²) in [6.45, 7) is 7.56. The van der Waals surface area contributed by atoms with Gasteiger partial charge in [0.1, 0.15) is 24.4 Å². The molecule has 2 aliphatic rings. The summed E-state index contributed by atoms with van der Waals surface area (Å²) < 4.78 is 23.1. The van der Waals surface area contributed by atoms with Crippen molar-refractivity contribution < 1.29 is 29.2 Å². The van der Waals surface area contributed by atoms with Gasteiger partial charge in [-0.3, -0.25) is 0 Å². The van der Waals surface area contributed by atoms with E-state index in [4.69, 9.17) is 18.9 Å². The number of aliphatic hydroxyl groups is 2. The summed E-state index contributed by atoms with van der Waals surface area (Å²) in [6.07, 6.45) is -4.76. The number of fused-ring (bicyclic) bond motifs is 1. The van der Waals surface area contributed by atoms with Gasteiger partial charge in [0.05, 0.1) is 6.61 Å². The molecule has 2 N–H and O–H groups in total. The SMILES string of the molecule is C[Si](C)(C)CCOC1OC2COC(c3ccccc3)OC2C(O)C1O. The van der Waals surface area contributed by atoms with Gasteiger partial charge in [-0.25, -0.2) is 0 Å². The molecule has 3 rings (SSSR count). The van der Waals surface area contributed by atoms with Crippen LogP contribution in [0.25, 0.3) is 0 Å². The second-order valence-electron chi connectivity index (χ2n) is 7.88. The number of hydrogen-bond acceptors (Lipinski definition) is 6. The third kappa shape index (κ3) is 4.68. The highest BCUT2D eigenvalue weighted by atomic mass is 28.3. The van der Waals surface area contributed by atoms with Gasteiger partial charge in [0.25, 0.3) is 0 Å². The number of rotatable bonds is 5. The van der Waals surface area contributed by atoms with E-state index in [1.807, 2.05) is 30.3 Å². The summed E-state index contributed by atoms with van der Waals surface area (Å²) in [5.74, 6) is 0. The monoisotopic (exact) mass is 368 g/mol. The van der Waals surface area contributed by atoms with Crippen molar-refractivity contribution in [2.75, 3.05) is 13.2 Å². The second-order valence-corrected chi connectivity index (χ2v) is 13.5. The molecule has 2 heterocycles. The van der Waals surface area contributed by atoms with Crippen molar-refractivity contribution in [2.45, 2.75) is 62.7 Å². The minimum absolute atomic E-state index is 0.280. The Morgan fingerprint density at radius 2 is 1.80 bits per heavy atom. The molecule has 1 aromatic carbocycles. The van der Waals surface area contributed by atoms with Crippen LogP contribution in [-0.2, 0) is 18.9 Å². The van der Waals surface area contributed by atoms with Gasteiger partial charge < -0.3 is 29.2 Å². The fourth-order valence-electron chi connectivity index (χ4n) is 2.98. The quantitative estimate of drug-likeness (QED) is 0.773. The molecule has 0 saturated carbocycles. The molecule has 2 aliphatic heterocycles. The Labute approximate surface area is 149 Å². The van der Waals surface area contributed by atoms with Gasteiger partial charge >= 0.3 is 0 Å². The fraction of sp³-hybridized carbons (Fsp3) is 0.667. The molecule has 7 heteroatoms. The maximum Gasteiger partial charge on any atom is 0.186 e. The summed E-state index contributed by atoms with van der Waals surface area (Å²) in [7, 11) is -1.24. The standard InChI is InChI=1S/C18H28O6Si/c1-25(2,3)10-9-21-18-15(20)14(19)16-13(23-18)11-22-17(24-16)12-7-5-4-6-8-12/h4-8,13-20H,9-11H2,1-3H3. The summed E-state index contributed by atoms with van der Waals surface area (Å²) >= 11 is 0. The molecule has 0 aromatic heterocycles. The second kappa shape index (κ2) is 7.83. The predicted octanol–water partition coefficient (Wildman–Crippen LogP) is 1.90. The van der Waals surface area contributed by atoms with Crippen molar-refractivity contribution in [1.82, 2.24) is 0 Å². The van der Waals surface area contributed by atoms with Crippen LogP contribution in [0.15, 0.2) is 30.3 Å². The average molecular weight is 369 g/mol. The number of benzene rings is 1. The van der Waals surface area contributed by atoms with Crippen LogP contribution in [-0.4, -0.2) is 62.2 Å². The van der Waals surface area contributed by atoms with Crippen molar-refractivity contribution in [1.29, 1.82) is 0 Å². The van der Waals surface area contributed by atoms with E-state index < -0.39 is 45.1 Å². The predicted molar refractivity (Wildman–Crippen MR) is 94.8 cm³/mol. The summed E-state index contributed by atoms with van der Waals surface area (Å²) in [4.78, 5) is 0. The Bertz CT molecular complexity index is 546. The first-order valence-corrected chi connectivity index (χ1v) is 12.5. The molecule has 140 valence electrons. The molecule has 6 nitrogen and oxygen atoms in total. The van der Waals surface area contributed by atoms with Crippen LogP contribution in [0.4, 0.5) is 0 Å². The fourth-order valence-corrected chi connectivity index (χ4v) is 3.71. The zero-order valence-corrected chi connectivity index (χ0v) is 16.0. The Morgan fingerprint density at radius 1 is 1.08 bits per heavy atom. The van der Waals surface area contributed by atoms with Crippen LogP contribution in [0.3, 0.4) is 0 Å². The minimum atomic E-state index is -1.24. The van der Waals surface area contributed by atoms with Crippen LogP contribution < -0.4 is 0 Å². The van der Waals surface area contributed by atoms with Crippen LogP contribution >= 0.6 is 0 Å². The molecule has 25 heavy (non-hydrogen) atoms. The van der Waals surface area contributed by atoms with Gasteiger partial charge in [-0.15, -0.1) is 0 Å². The molecule has 0 bridgehead atoms. The van der Waals surface area contributed by atoms with E-state index in [0.717, 1.165) is 11.6 Å². The first-order chi connectivity index (χ1) is 11.8. The summed E-state index contributed by atoms with van der Waals surface area (Å²) in [6, 6.07) is 10.5. The summed E-state index contributed by atoms with van der Waals surface area (Å²) in [5.41, 5.74) is 0.871. The maximum atomic E-state index is 10.5. The summed E-state index contributed by atoms with van der Waals surface area (Å²) in [5, 5.41) is 20.8. The highest BCUT2D eigenvalue weighted by molar-refractivity contribution is 6.76. The van der Waals surface area contributed by atoms with Gasteiger partial charge in [-0.1, -0.05) is 50.0 Å². The van der Waals surface area contributed by atoms with Crippen LogP contribution in [0.1, 0.15) is 11.9 Å². The topological polar surface area (TPSA) is 77.4 Å². The van der Waals surface area contributed by atoms with E-state index >= 15 is 0 Å². The zero-order valence-electron chi connectivity index (χ0n) is 15.0. The van der Waals surface area contributed by atoms with E-state index in [1.165, 1.54) is 0 Å². The lowest BCUT2D eigenvalue weighted by atomic mass is 9.98. The van der Waals surface area contributed by atoms with Crippen LogP contribution in [0.5, 0.6) is 0 Å².